The summed E-state index contributed by atoms with van der Waals surface area (Å²) >= 11 is 0. The predicted octanol–water partition coefficient (Wildman–Crippen LogP) is 3.13. The molecule has 0 spiro atoms. The third-order valence-corrected chi connectivity index (χ3v) is 5.06. The van der Waals surface area contributed by atoms with Gasteiger partial charge < -0.3 is 9.84 Å². The Hall–Kier alpha value is -3.06. The number of fused-ring (bicyclic) bond motifs is 1. The molecule has 0 aliphatic rings. The Morgan fingerprint density at radius 2 is 1.72 bits per heavy atom. The average molecular weight is 357 g/mol. The molecule has 6 nitrogen and oxygen atoms in total. The lowest BCUT2D eigenvalue weighted by atomic mass is 10.1. The zero-order valence-corrected chi connectivity index (χ0v) is 14.1. The largest absolute Gasteiger partial charge is 0.506 e. The normalized spacial score (nSPS) is 11.2. The van der Waals surface area contributed by atoms with Crippen LogP contribution < -0.4 is 4.72 Å². The lowest BCUT2D eigenvalue weighted by Crippen LogP contribution is -2.13. The van der Waals surface area contributed by atoms with Crippen molar-refractivity contribution in [2.24, 2.45) is 0 Å². The lowest BCUT2D eigenvalue weighted by molar-refractivity contribution is 0.0600. The number of benzene rings is 3. The molecule has 7 heteroatoms. The van der Waals surface area contributed by atoms with Crippen molar-refractivity contribution in [3.05, 3.63) is 66.2 Å². The van der Waals surface area contributed by atoms with Crippen LogP contribution in [0.2, 0.25) is 0 Å². The van der Waals surface area contributed by atoms with E-state index in [1.165, 1.54) is 25.3 Å². The van der Waals surface area contributed by atoms with E-state index in [1.54, 1.807) is 12.1 Å². The molecular formula is C18H15NO5S. The molecule has 0 heterocycles. The van der Waals surface area contributed by atoms with Gasteiger partial charge in [0, 0.05) is 0 Å². The third-order valence-electron chi connectivity index (χ3n) is 3.69. The third kappa shape index (κ3) is 3.41. The first kappa shape index (κ1) is 16.8. The van der Waals surface area contributed by atoms with Gasteiger partial charge >= 0.3 is 5.97 Å². The van der Waals surface area contributed by atoms with Crippen LogP contribution in [-0.2, 0) is 14.8 Å². The van der Waals surface area contributed by atoms with Crippen LogP contribution in [0.4, 0.5) is 5.69 Å². The highest BCUT2D eigenvalue weighted by Crippen LogP contribution is 2.28. The highest BCUT2D eigenvalue weighted by atomic mass is 32.2. The second-order valence-electron chi connectivity index (χ2n) is 5.34. The van der Waals surface area contributed by atoms with E-state index in [0.29, 0.717) is 0 Å². The van der Waals surface area contributed by atoms with Gasteiger partial charge in [0.1, 0.15) is 5.75 Å². The van der Waals surface area contributed by atoms with Gasteiger partial charge in [0.05, 0.1) is 23.3 Å². The van der Waals surface area contributed by atoms with Gasteiger partial charge in [-0.3, -0.25) is 4.72 Å². The fourth-order valence-electron chi connectivity index (χ4n) is 2.40. The number of phenolic OH excluding ortho intramolecular Hbond substituents is 1. The number of rotatable bonds is 4. The van der Waals surface area contributed by atoms with E-state index < -0.39 is 16.0 Å². The summed E-state index contributed by atoms with van der Waals surface area (Å²) < 4.78 is 32.0. The second kappa shape index (κ2) is 6.45. The molecule has 0 unspecified atom stereocenters. The standard InChI is InChI=1S/C18H15NO5S/c1-24-18(21)14-7-9-16(17(20)11-14)19-25(22,23)15-8-6-12-4-2-3-5-13(12)10-15/h2-11,19-20H,1H3. The van der Waals surface area contributed by atoms with Crippen LogP contribution in [0.25, 0.3) is 10.8 Å². The molecule has 3 aromatic rings. The number of methoxy groups -OCH3 is 1. The van der Waals surface area contributed by atoms with Crippen molar-refractivity contribution < 1.29 is 23.1 Å². The minimum Gasteiger partial charge on any atom is -0.506 e. The number of aromatic hydroxyl groups is 1. The van der Waals surface area contributed by atoms with Gasteiger partial charge in [-0.2, -0.15) is 0 Å². The van der Waals surface area contributed by atoms with Crippen molar-refractivity contribution in [1.82, 2.24) is 0 Å². The van der Waals surface area contributed by atoms with E-state index in [2.05, 4.69) is 9.46 Å². The number of hydrogen-bond donors (Lipinski definition) is 2. The van der Waals surface area contributed by atoms with Crippen LogP contribution in [0.3, 0.4) is 0 Å². The summed E-state index contributed by atoms with van der Waals surface area (Å²) in [5.41, 5.74) is 0.0921. The Kier molecular flexibility index (Phi) is 4.33. The zero-order chi connectivity index (χ0) is 18.0. The number of anilines is 1. The van der Waals surface area contributed by atoms with Gasteiger partial charge in [0.25, 0.3) is 10.0 Å². The Morgan fingerprint density at radius 3 is 2.40 bits per heavy atom. The maximum atomic E-state index is 12.6. The number of carbonyl (C=O) groups is 1. The van der Waals surface area contributed by atoms with Gasteiger partial charge in [0.2, 0.25) is 0 Å². The molecule has 0 atom stereocenters. The molecule has 0 amide bonds. The number of nitrogens with one attached hydrogen (secondary N) is 1. The lowest BCUT2D eigenvalue weighted by Gasteiger charge is -2.11. The number of hydrogen-bond acceptors (Lipinski definition) is 5. The van der Waals surface area contributed by atoms with Crippen molar-refractivity contribution in [3.8, 4) is 5.75 Å². The van der Waals surface area contributed by atoms with Gasteiger partial charge in [-0.1, -0.05) is 30.3 Å². The molecule has 0 radical (unpaired) electrons. The van der Waals surface area contributed by atoms with E-state index in [4.69, 9.17) is 0 Å². The highest BCUT2D eigenvalue weighted by Gasteiger charge is 2.17. The maximum absolute atomic E-state index is 12.6. The molecular weight excluding hydrogens is 342 g/mol. The molecule has 2 N–H and O–H groups in total. The van der Waals surface area contributed by atoms with Crippen LogP contribution in [0.1, 0.15) is 10.4 Å². The SMILES string of the molecule is COC(=O)c1ccc(NS(=O)(=O)c2ccc3ccccc3c2)c(O)c1. The van der Waals surface area contributed by atoms with E-state index in [-0.39, 0.29) is 21.9 Å². The number of carbonyl (C=O) groups excluding carboxylic acids is 1. The Morgan fingerprint density at radius 1 is 1.00 bits per heavy atom. The number of esters is 1. The van der Waals surface area contributed by atoms with Crippen molar-refractivity contribution >= 4 is 32.5 Å². The van der Waals surface area contributed by atoms with E-state index in [0.717, 1.165) is 16.8 Å². The quantitative estimate of drug-likeness (QED) is 0.553. The van der Waals surface area contributed by atoms with E-state index >= 15 is 0 Å². The first-order valence-corrected chi connectivity index (χ1v) is 8.82. The predicted molar refractivity (Wildman–Crippen MR) is 94.2 cm³/mol. The van der Waals surface area contributed by atoms with Crippen LogP contribution in [0.15, 0.2) is 65.6 Å². The molecule has 0 aliphatic heterocycles. The summed E-state index contributed by atoms with van der Waals surface area (Å²) in [5.74, 6) is -0.994. The molecule has 0 aliphatic carbocycles. The first-order valence-electron chi connectivity index (χ1n) is 7.34. The Labute approximate surface area is 144 Å². The van der Waals surface area contributed by atoms with Gasteiger partial charge in [-0.15, -0.1) is 0 Å². The van der Waals surface area contributed by atoms with Crippen LogP contribution >= 0.6 is 0 Å². The summed E-state index contributed by atoms with van der Waals surface area (Å²) in [7, 11) is -2.67. The monoisotopic (exact) mass is 357 g/mol. The molecule has 0 saturated heterocycles. The molecule has 128 valence electrons. The van der Waals surface area contributed by atoms with Crippen molar-refractivity contribution in [1.29, 1.82) is 0 Å². The van der Waals surface area contributed by atoms with Crippen molar-refractivity contribution in [2.75, 3.05) is 11.8 Å². The summed E-state index contributed by atoms with van der Waals surface area (Å²) in [6, 6.07) is 16.0. The zero-order valence-electron chi connectivity index (χ0n) is 13.3. The maximum Gasteiger partial charge on any atom is 0.337 e. The second-order valence-corrected chi connectivity index (χ2v) is 7.02. The van der Waals surface area contributed by atoms with E-state index in [1.807, 2.05) is 24.3 Å². The van der Waals surface area contributed by atoms with Crippen molar-refractivity contribution in [2.45, 2.75) is 4.90 Å². The molecule has 0 saturated carbocycles. The Bertz CT molecular complexity index is 1060. The fourth-order valence-corrected chi connectivity index (χ4v) is 3.51. The van der Waals surface area contributed by atoms with Crippen molar-refractivity contribution in [3.63, 3.8) is 0 Å². The minimum absolute atomic E-state index is 0.0270. The number of ether oxygens (including phenoxy) is 1. The molecule has 0 bridgehead atoms. The summed E-state index contributed by atoms with van der Waals surface area (Å²) in [5, 5.41) is 11.7. The molecule has 0 aromatic heterocycles. The smallest absolute Gasteiger partial charge is 0.337 e. The van der Waals surface area contributed by atoms with Gasteiger partial charge in [-0.25, -0.2) is 13.2 Å². The average Bonchev–Trinajstić information content (AvgIpc) is 2.62. The summed E-state index contributed by atoms with van der Waals surface area (Å²) in [6.07, 6.45) is 0. The van der Waals surface area contributed by atoms with Crippen LogP contribution in [0, 0.1) is 0 Å². The first-order chi connectivity index (χ1) is 11.9. The van der Waals surface area contributed by atoms with Gasteiger partial charge in [0.15, 0.2) is 0 Å². The number of sulfonamides is 1. The topological polar surface area (TPSA) is 92.7 Å². The van der Waals surface area contributed by atoms with E-state index in [9.17, 15) is 18.3 Å². The Balaban J connectivity index is 1.94. The number of phenols is 1. The van der Waals surface area contributed by atoms with Crippen LogP contribution in [0.5, 0.6) is 5.75 Å². The molecule has 3 rings (SSSR count). The summed E-state index contributed by atoms with van der Waals surface area (Å²) in [6.45, 7) is 0. The fraction of sp³-hybridized carbons (Fsp3) is 0.0556. The minimum atomic E-state index is -3.89. The highest BCUT2D eigenvalue weighted by molar-refractivity contribution is 7.92. The van der Waals surface area contributed by atoms with Crippen LogP contribution in [-0.4, -0.2) is 26.6 Å². The molecule has 0 fully saturated rings. The summed E-state index contributed by atoms with van der Waals surface area (Å²) in [4.78, 5) is 11.5. The van der Waals surface area contributed by atoms with Gasteiger partial charge in [-0.05, 0) is 41.1 Å². The molecule has 25 heavy (non-hydrogen) atoms. The molecule has 3 aromatic carbocycles.